The highest BCUT2D eigenvalue weighted by molar-refractivity contribution is 5.81. The fraction of sp³-hybridized carbons (Fsp3) is 0.500. The van der Waals surface area contributed by atoms with Crippen LogP contribution in [0.2, 0.25) is 0 Å². The van der Waals surface area contributed by atoms with Crippen LogP contribution in [-0.4, -0.2) is 57.8 Å². The number of benzene rings is 1. The molecule has 2 rings (SSSR count). The lowest BCUT2D eigenvalue weighted by Gasteiger charge is -2.14. The standard InChI is InChI=1S/C14H18O7/c1-17-2-3-18-7-11(16)8-19-12-5-14-13(20-9-21-14)4-10(12)6-15/h4-6,11,16H,2-3,7-9H2,1H3. The zero-order valence-corrected chi connectivity index (χ0v) is 11.7. The van der Waals surface area contributed by atoms with Crippen LogP contribution in [-0.2, 0) is 9.47 Å². The van der Waals surface area contributed by atoms with Crippen molar-refractivity contribution in [3.8, 4) is 17.2 Å². The lowest BCUT2D eigenvalue weighted by molar-refractivity contribution is -0.00428. The molecule has 7 heteroatoms. The Hall–Kier alpha value is -1.83. The molecule has 0 bridgehead atoms. The Balaban J connectivity index is 1.86. The first-order valence-corrected chi connectivity index (χ1v) is 6.51. The van der Waals surface area contributed by atoms with Crippen LogP contribution in [0.1, 0.15) is 10.4 Å². The Morgan fingerprint density at radius 2 is 2.05 bits per heavy atom. The van der Waals surface area contributed by atoms with Crippen molar-refractivity contribution in [2.45, 2.75) is 6.10 Å². The summed E-state index contributed by atoms with van der Waals surface area (Å²) in [5, 5.41) is 9.73. The molecule has 0 amide bonds. The van der Waals surface area contributed by atoms with E-state index >= 15 is 0 Å². The van der Waals surface area contributed by atoms with Crippen LogP contribution in [0.5, 0.6) is 17.2 Å². The molecule has 116 valence electrons. The number of aldehydes is 1. The van der Waals surface area contributed by atoms with Crippen molar-refractivity contribution in [1.29, 1.82) is 0 Å². The van der Waals surface area contributed by atoms with Crippen LogP contribution < -0.4 is 14.2 Å². The number of rotatable bonds is 9. The normalized spacial score (nSPS) is 14.0. The van der Waals surface area contributed by atoms with Gasteiger partial charge in [0.2, 0.25) is 6.79 Å². The highest BCUT2D eigenvalue weighted by Gasteiger charge is 2.18. The molecule has 0 fully saturated rings. The summed E-state index contributed by atoms with van der Waals surface area (Å²) < 4.78 is 25.9. The van der Waals surface area contributed by atoms with E-state index in [4.69, 9.17) is 23.7 Å². The van der Waals surface area contributed by atoms with Gasteiger partial charge >= 0.3 is 0 Å². The van der Waals surface area contributed by atoms with Gasteiger partial charge in [-0.1, -0.05) is 0 Å². The van der Waals surface area contributed by atoms with Gasteiger partial charge in [0.1, 0.15) is 18.5 Å². The van der Waals surface area contributed by atoms with E-state index in [0.29, 0.717) is 42.3 Å². The zero-order valence-electron chi connectivity index (χ0n) is 11.7. The molecule has 1 N–H and O–H groups in total. The van der Waals surface area contributed by atoms with E-state index in [1.54, 1.807) is 19.2 Å². The van der Waals surface area contributed by atoms with Crippen molar-refractivity contribution in [3.63, 3.8) is 0 Å². The van der Waals surface area contributed by atoms with E-state index in [1.807, 2.05) is 0 Å². The summed E-state index contributed by atoms with van der Waals surface area (Å²) in [7, 11) is 1.57. The first-order chi connectivity index (χ1) is 10.2. The minimum Gasteiger partial charge on any atom is -0.490 e. The maximum Gasteiger partial charge on any atom is 0.231 e. The molecule has 7 nitrogen and oxygen atoms in total. The Kier molecular flexibility index (Phi) is 5.79. The first-order valence-electron chi connectivity index (χ1n) is 6.51. The predicted octanol–water partition coefficient (Wildman–Crippen LogP) is 0.630. The van der Waals surface area contributed by atoms with Gasteiger partial charge in [-0.3, -0.25) is 4.79 Å². The molecule has 1 aromatic rings. The van der Waals surface area contributed by atoms with Gasteiger partial charge in [-0.15, -0.1) is 0 Å². The van der Waals surface area contributed by atoms with Crippen molar-refractivity contribution in [2.24, 2.45) is 0 Å². The third-order valence-corrected chi connectivity index (χ3v) is 2.81. The Bertz CT molecular complexity index is 475. The highest BCUT2D eigenvalue weighted by atomic mass is 16.7. The minimum absolute atomic E-state index is 0.00741. The second kappa shape index (κ2) is 7.82. The smallest absolute Gasteiger partial charge is 0.231 e. The fourth-order valence-electron chi connectivity index (χ4n) is 1.75. The molecule has 1 unspecified atom stereocenters. The average molecular weight is 298 g/mol. The van der Waals surface area contributed by atoms with Gasteiger partial charge < -0.3 is 28.8 Å². The van der Waals surface area contributed by atoms with Crippen LogP contribution in [0.25, 0.3) is 0 Å². The van der Waals surface area contributed by atoms with Crippen LogP contribution in [0.4, 0.5) is 0 Å². The Labute approximate surface area is 122 Å². The molecule has 0 aromatic heterocycles. The average Bonchev–Trinajstić information content (AvgIpc) is 2.95. The number of carbonyl (C=O) groups is 1. The van der Waals surface area contributed by atoms with Gasteiger partial charge in [-0.05, 0) is 6.07 Å². The maximum absolute atomic E-state index is 11.0. The van der Waals surface area contributed by atoms with Gasteiger partial charge in [0.05, 0.1) is 25.4 Å². The van der Waals surface area contributed by atoms with Crippen molar-refractivity contribution in [2.75, 3.05) is 40.3 Å². The second-order valence-electron chi connectivity index (χ2n) is 4.39. The molecular formula is C14H18O7. The molecule has 1 aliphatic heterocycles. The van der Waals surface area contributed by atoms with E-state index in [0.717, 1.165) is 0 Å². The van der Waals surface area contributed by atoms with Crippen molar-refractivity contribution in [3.05, 3.63) is 17.7 Å². The number of carbonyl (C=O) groups excluding carboxylic acids is 1. The molecule has 0 saturated carbocycles. The summed E-state index contributed by atoms with van der Waals surface area (Å²) in [6.07, 6.45) is -0.134. The predicted molar refractivity (Wildman–Crippen MR) is 72.1 cm³/mol. The van der Waals surface area contributed by atoms with E-state index < -0.39 is 6.10 Å². The quantitative estimate of drug-likeness (QED) is 0.529. The van der Waals surface area contributed by atoms with Gasteiger partial charge in [-0.25, -0.2) is 0 Å². The third kappa shape index (κ3) is 4.32. The maximum atomic E-state index is 11.0. The topological polar surface area (TPSA) is 83.5 Å². The number of hydrogen-bond acceptors (Lipinski definition) is 7. The molecule has 0 aliphatic carbocycles. The van der Waals surface area contributed by atoms with E-state index in [1.165, 1.54) is 0 Å². The summed E-state index contributed by atoms with van der Waals surface area (Å²) in [6, 6.07) is 3.12. The molecule has 1 atom stereocenters. The molecule has 1 aliphatic rings. The molecule has 1 heterocycles. The minimum atomic E-state index is -0.799. The van der Waals surface area contributed by atoms with Crippen LogP contribution in [0, 0.1) is 0 Å². The van der Waals surface area contributed by atoms with Crippen molar-refractivity contribution >= 4 is 6.29 Å². The molecule has 1 aromatic carbocycles. The molecular weight excluding hydrogens is 280 g/mol. The number of aliphatic hydroxyl groups is 1. The van der Waals surface area contributed by atoms with Crippen molar-refractivity contribution < 1.29 is 33.6 Å². The number of methoxy groups -OCH3 is 1. The van der Waals surface area contributed by atoms with Crippen molar-refractivity contribution in [1.82, 2.24) is 0 Å². The van der Waals surface area contributed by atoms with Gasteiger partial charge in [0, 0.05) is 13.2 Å². The number of hydrogen-bond donors (Lipinski definition) is 1. The number of ether oxygens (including phenoxy) is 5. The molecule has 0 radical (unpaired) electrons. The summed E-state index contributed by atoms with van der Waals surface area (Å²) >= 11 is 0. The second-order valence-corrected chi connectivity index (χ2v) is 4.39. The summed E-state index contributed by atoms with van der Waals surface area (Å²) in [5.41, 5.74) is 0.340. The van der Waals surface area contributed by atoms with Gasteiger partial charge in [0.15, 0.2) is 17.8 Å². The largest absolute Gasteiger partial charge is 0.490 e. The molecule has 0 saturated heterocycles. The summed E-state index contributed by atoms with van der Waals surface area (Å²) in [5.74, 6) is 1.36. The lowest BCUT2D eigenvalue weighted by Crippen LogP contribution is -2.24. The summed E-state index contributed by atoms with van der Waals surface area (Å²) in [4.78, 5) is 11.0. The van der Waals surface area contributed by atoms with Gasteiger partial charge in [-0.2, -0.15) is 0 Å². The van der Waals surface area contributed by atoms with E-state index in [9.17, 15) is 9.90 Å². The molecule has 21 heavy (non-hydrogen) atoms. The summed E-state index contributed by atoms with van der Waals surface area (Å²) in [6.45, 7) is 1.12. The monoisotopic (exact) mass is 298 g/mol. The van der Waals surface area contributed by atoms with Gasteiger partial charge in [0.25, 0.3) is 0 Å². The van der Waals surface area contributed by atoms with Crippen LogP contribution in [0.3, 0.4) is 0 Å². The number of fused-ring (bicyclic) bond motifs is 1. The first kappa shape index (κ1) is 15.6. The highest BCUT2D eigenvalue weighted by Crippen LogP contribution is 2.37. The van der Waals surface area contributed by atoms with E-state index in [-0.39, 0.29) is 20.0 Å². The van der Waals surface area contributed by atoms with Crippen LogP contribution in [0.15, 0.2) is 12.1 Å². The third-order valence-electron chi connectivity index (χ3n) is 2.81. The fourth-order valence-corrected chi connectivity index (χ4v) is 1.75. The molecule has 0 spiro atoms. The number of aliphatic hydroxyl groups excluding tert-OH is 1. The van der Waals surface area contributed by atoms with E-state index in [2.05, 4.69) is 0 Å². The van der Waals surface area contributed by atoms with Crippen LogP contribution >= 0.6 is 0 Å². The Morgan fingerprint density at radius 1 is 1.29 bits per heavy atom. The lowest BCUT2D eigenvalue weighted by atomic mass is 10.2. The zero-order chi connectivity index (χ0) is 15.1. The SMILES string of the molecule is COCCOCC(O)COc1cc2c(cc1C=O)OCO2. The Morgan fingerprint density at radius 3 is 2.76 bits per heavy atom.